The number of hydrogen-bond acceptors (Lipinski definition) is 3. The van der Waals surface area contributed by atoms with E-state index in [-0.39, 0.29) is 0 Å². The fourth-order valence-corrected chi connectivity index (χ4v) is 3.98. The van der Waals surface area contributed by atoms with Gasteiger partial charge < -0.3 is 15.8 Å². The first-order valence-electron chi connectivity index (χ1n) is 6.89. The SMILES string of the molecule is NC1CC2CNC(CC3CCOCC3)C2C1. The van der Waals surface area contributed by atoms with Gasteiger partial charge in [0, 0.05) is 25.3 Å². The van der Waals surface area contributed by atoms with Crippen LogP contribution in [0.15, 0.2) is 0 Å². The minimum absolute atomic E-state index is 0.481. The van der Waals surface area contributed by atoms with Crippen LogP contribution in [0.5, 0.6) is 0 Å². The molecule has 0 spiro atoms. The molecule has 92 valence electrons. The summed E-state index contributed by atoms with van der Waals surface area (Å²) in [5, 5.41) is 3.73. The number of fused-ring (bicyclic) bond motifs is 1. The quantitative estimate of drug-likeness (QED) is 0.739. The van der Waals surface area contributed by atoms with Gasteiger partial charge in [-0.05, 0) is 56.4 Å². The predicted octanol–water partition coefficient (Wildman–Crippen LogP) is 1.13. The minimum Gasteiger partial charge on any atom is -0.381 e. The van der Waals surface area contributed by atoms with Crippen molar-refractivity contribution in [3.63, 3.8) is 0 Å². The number of rotatable bonds is 2. The summed E-state index contributed by atoms with van der Waals surface area (Å²) in [6.45, 7) is 3.17. The molecule has 0 bridgehead atoms. The van der Waals surface area contributed by atoms with E-state index in [0.29, 0.717) is 6.04 Å². The van der Waals surface area contributed by atoms with Crippen molar-refractivity contribution in [2.45, 2.75) is 44.2 Å². The Morgan fingerprint density at radius 1 is 1.19 bits per heavy atom. The van der Waals surface area contributed by atoms with E-state index in [1.807, 2.05) is 0 Å². The summed E-state index contributed by atoms with van der Waals surface area (Å²) >= 11 is 0. The Labute approximate surface area is 98.1 Å². The Bertz CT molecular complexity index is 240. The van der Waals surface area contributed by atoms with Gasteiger partial charge in [0.1, 0.15) is 0 Å². The zero-order valence-corrected chi connectivity index (χ0v) is 10.0. The molecule has 1 saturated carbocycles. The molecule has 0 aromatic rings. The third kappa shape index (κ3) is 2.13. The average molecular weight is 224 g/mol. The van der Waals surface area contributed by atoms with Crippen molar-refractivity contribution in [1.29, 1.82) is 0 Å². The summed E-state index contributed by atoms with van der Waals surface area (Å²) in [6.07, 6.45) is 6.40. The van der Waals surface area contributed by atoms with Gasteiger partial charge in [0.25, 0.3) is 0 Å². The van der Waals surface area contributed by atoms with Gasteiger partial charge in [-0.2, -0.15) is 0 Å². The highest BCUT2D eigenvalue weighted by atomic mass is 16.5. The molecule has 3 N–H and O–H groups in total. The molecule has 3 nitrogen and oxygen atoms in total. The van der Waals surface area contributed by atoms with Crippen molar-refractivity contribution in [3.05, 3.63) is 0 Å². The van der Waals surface area contributed by atoms with E-state index in [2.05, 4.69) is 5.32 Å². The van der Waals surface area contributed by atoms with Crippen LogP contribution in [0, 0.1) is 17.8 Å². The molecule has 4 atom stereocenters. The van der Waals surface area contributed by atoms with Crippen molar-refractivity contribution in [1.82, 2.24) is 5.32 Å². The summed E-state index contributed by atoms with van der Waals surface area (Å²) in [4.78, 5) is 0. The number of nitrogens with two attached hydrogens (primary N) is 1. The second-order valence-corrected chi connectivity index (χ2v) is 5.96. The average Bonchev–Trinajstić information content (AvgIpc) is 2.81. The lowest BCUT2D eigenvalue weighted by atomic mass is 9.85. The van der Waals surface area contributed by atoms with Crippen molar-refractivity contribution in [2.75, 3.05) is 19.8 Å². The maximum atomic E-state index is 6.07. The Morgan fingerprint density at radius 3 is 2.81 bits per heavy atom. The Balaban J connectivity index is 1.55. The number of nitrogens with one attached hydrogen (secondary N) is 1. The van der Waals surface area contributed by atoms with E-state index in [0.717, 1.165) is 37.0 Å². The molecule has 3 aliphatic rings. The van der Waals surface area contributed by atoms with E-state index in [4.69, 9.17) is 10.5 Å². The van der Waals surface area contributed by atoms with Gasteiger partial charge >= 0.3 is 0 Å². The summed E-state index contributed by atoms with van der Waals surface area (Å²) in [5.74, 6) is 2.64. The summed E-state index contributed by atoms with van der Waals surface area (Å²) < 4.78 is 5.43. The first kappa shape index (κ1) is 11.0. The van der Waals surface area contributed by atoms with Gasteiger partial charge in [-0.1, -0.05) is 0 Å². The third-order valence-electron chi connectivity index (χ3n) is 4.87. The normalized spacial score (nSPS) is 44.8. The Kier molecular flexibility index (Phi) is 3.18. The van der Waals surface area contributed by atoms with Crippen LogP contribution in [0.3, 0.4) is 0 Å². The molecule has 0 aromatic heterocycles. The summed E-state index contributed by atoms with van der Waals surface area (Å²) in [6, 6.07) is 1.23. The molecule has 1 aliphatic carbocycles. The third-order valence-corrected chi connectivity index (χ3v) is 4.87. The zero-order valence-electron chi connectivity index (χ0n) is 10.0. The van der Waals surface area contributed by atoms with Crippen molar-refractivity contribution < 1.29 is 4.74 Å². The largest absolute Gasteiger partial charge is 0.381 e. The van der Waals surface area contributed by atoms with Gasteiger partial charge in [-0.15, -0.1) is 0 Å². The lowest BCUT2D eigenvalue weighted by Crippen LogP contribution is -2.33. The van der Waals surface area contributed by atoms with E-state index in [9.17, 15) is 0 Å². The van der Waals surface area contributed by atoms with Crippen LogP contribution in [0.25, 0.3) is 0 Å². The fraction of sp³-hybridized carbons (Fsp3) is 1.00. The molecular formula is C13H24N2O. The zero-order chi connectivity index (χ0) is 11.0. The van der Waals surface area contributed by atoms with Crippen LogP contribution in [0.4, 0.5) is 0 Å². The van der Waals surface area contributed by atoms with Crippen LogP contribution < -0.4 is 11.1 Å². The molecule has 2 heterocycles. The van der Waals surface area contributed by atoms with Crippen LogP contribution in [0.2, 0.25) is 0 Å². The van der Waals surface area contributed by atoms with Gasteiger partial charge in [0.05, 0.1) is 0 Å². The lowest BCUT2D eigenvalue weighted by Gasteiger charge is -2.27. The van der Waals surface area contributed by atoms with Crippen molar-refractivity contribution in [2.24, 2.45) is 23.5 Å². The van der Waals surface area contributed by atoms with Gasteiger partial charge in [-0.3, -0.25) is 0 Å². The van der Waals surface area contributed by atoms with Crippen LogP contribution in [0.1, 0.15) is 32.1 Å². The highest BCUT2D eigenvalue weighted by molar-refractivity contribution is 4.98. The predicted molar refractivity (Wildman–Crippen MR) is 64.1 cm³/mol. The number of hydrogen-bond donors (Lipinski definition) is 2. The monoisotopic (exact) mass is 224 g/mol. The molecule has 16 heavy (non-hydrogen) atoms. The first-order chi connectivity index (χ1) is 7.83. The standard InChI is InChI=1S/C13H24N2O/c14-11-6-10-8-15-13(12(10)7-11)5-9-1-3-16-4-2-9/h9-13,15H,1-8,14H2. The van der Waals surface area contributed by atoms with E-state index in [1.54, 1.807) is 0 Å². The van der Waals surface area contributed by atoms with Crippen LogP contribution in [-0.2, 0) is 4.74 Å². The second kappa shape index (κ2) is 4.63. The second-order valence-electron chi connectivity index (χ2n) is 5.96. The van der Waals surface area contributed by atoms with E-state index in [1.165, 1.54) is 38.6 Å². The van der Waals surface area contributed by atoms with Crippen molar-refractivity contribution >= 4 is 0 Å². The molecule has 2 saturated heterocycles. The molecule has 0 amide bonds. The summed E-state index contributed by atoms with van der Waals surface area (Å²) in [5.41, 5.74) is 6.07. The van der Waals surface area contributed by atoms with Gasteiger partial charge in [0.2, 0.25) is 0 Å². The molecule has 3 heteroatoms. The first-order valence-corrected chi connectivity index (χ1v) is 6.89. The molecule has 0 aromatic carbocycles. The van der Waals surface area contributed by atoms with Crippen LogP contribution >= 0.6 is 0 Å². The highest BCUT2D eigenvalue weighted by Gasteiger charge is 2.42. The van der Waals surface area contributed by atoms with Crippen molar-refractivity contribution in [3.8, 4) is 0 Å². The summed E-state index contributed by atoms with van der Waals surface area (Å²) in [7, 11) is 0. The Morgan fingerprint density at radius 2 is 2.00 bits per heavy atom. The molecule has 4 unspecified atom stereocenters. The van der Waals surface area contributed by atoms with E-state index < -0.39 is 0 Å². The molecule has 3 fully saturated rings. The topological polar surface area (TPSA) is 47.3 Å². The highest BCUT2D eigenvalue weighted by Crippen LogP contribution is 2.39. The molecular weight excluding hydrogens is 200 g/mol. The molecule has 3 rings (SSSR count). The molecule has 2 aliphatic heterocycles. The van der Waals surface area contributed by atoms with Gasteiger partial charge in [0.15, 0.2) is 0 Å². The lowest BCUT2D eigenvalue weighted by molar-refractivity contribution is 0.0593. The van der Waals surface area contributed by atoms with Crippen LogP contribution in [-0.4, -0.2) is 31.8 Å². The van der Waals surface area contributed by atoms with Gasteiger partial charge in [-0.25, -0.2) is 0 Å². The fourth-order valence-electron chi connectivity index (χ4n) is 3.98. The van der Waals surface area contributed by atoms with E-state index >= 15 is 0 Å². The maximum Gasteiger partial charge on any atom is 0.0468 e. The Hall–Kier alpha value is -0.120. The smallest absolute Gasteiger partial charge is 0.0468 e. The minimum atomic E-state index is 0.481. The molecule has 0 radical (unpaired) electrons. The number of ether oxygens (including phenoxy) is 1. The maximum absolute atomic E-state index is 6.07.